The Labute approximate surface area is 140 Å². The molecule has 0 aliphatic rings. The summed E-state index contributed by atoms with van der Waals surface area (Å²) in [7, 11) is 0. The lowest BCUT2D eigenvalue weighted by Crippen LogP contribution is -2.24. The Morgan fingerprint density at radius 2 is 1.95 bits per heavy atom. The van der Waals surface area contributed by atoms with E-state index in [9.17, 15) is 4.79 Å². The van der Waals surface area contributed by atoms with E-state index in [2.05, 4.69) is 27.6 Å². The molecule has 106 valence electrons. The van der Waals surface area contributed by atoms with Crippen LogP contribution in [0.4, 0.5) is 10.8 Å². The molecule has 0 atom stereocenters. The van der Waals surface area contributed by atoms with Crippen LogP contribution in [0.1, 0.15) is 13.3 Å². The zero-order valence-corrected chi connectivity index (χ0v) is 14.4. The van der Waals surface area contributed by atoms with Gasteiger partial charge >= 0.3 is 0 Å². The van der Waals surface area contributed by atoms with Gasteiger partial charge in [-0.2, -0.15) is 0 Å². The number of hydrogen-bond acceptors (Lipinski definition) is 3. The highest BCUT2D eigenvalue weighted by Gasteiger charge is 2.20. The number of amides is 1. The lowest BCUT2D eigenvalue weighted by molar-refractivity contribution is -0.117. The van der Waals surface area contributed by atoms with Gasteiger partial charge in [-0.25, -0.2) is 4.98 Å². The lowest BCUT2D eigenvalue weighted by Gasteiger charge is -2.19. The van der Waals surface area contributed by atoms with Crippen molar-refractivity contribution in [3.63, 3.8) is 0 Å². The summed E-state index contributed by atoms with van der Waals surface area (Å²) in [6.45, 7) is 1.87. The number of benzene rings is 2. The molecule has 1 heterocycles. The monoisotopic (exact) mass is 408 g/mol. The molecule has 2 aromatic carbocycles. The fourth-order valence-corrected chi connectivity index (χ4v) is 3.93. The Hall–Kier alpha value is -1.47. The van der Waals surface area contributed by atoms with E-state index in [1.807, 2.05) is 55.5 Å². The summed E-state index contributed by atoms with van der Waals surface area (Å²) >= 11 is 3.82. The largest absolute Gasteiger partial charge is 0.274 e. The van der Waals surface area contributed by atoms with Crippen molar-refractivity contribution in [2.45, 2.75) is 13.3 Å². The molecule has 1 amide bonds. The molecule has 1 aromatic heterocycles. The summed E-state index contributed by atoms with van der Waals surface area (Å²) in [6, 6.07) is 15.8. The third-order valence-corrected chi connectivity index (χ3v) is 4.99. The molecule has 5 heteroatoms. The molecule has 0 unspecified atom stereocenters. The number of hydrogen-bond donors (Lipinski definition) is 0. The van der Waals surface area contributed by atoms with E-state index in [4.69, 9.17) is 0 Å². The van der Waals surface area contributed by atoms with E-state index in [0.717, 1.165) is 24.6 Å². The molecule has 0 saturated carbocycles. The number of halogens is 1. The number of carbonyl (C=O) groups is 1. The highest BCUT2D eigenvalue weighted by Crippen LogP contribution is 2.35. The van der Waals surface area contributed by atoms with Gasteiger partial charge in [0, 0.05) is 9.99 Å². The summed E-state index contributed by atoms with van der Waals surface area (Å²) in [4.78, 5) is 18.7. The van der Waals surface area contributed by atoms with Crippen molar-refractivity contribution in [2.24, 2.45) is 0 Å². The second kappa shape index (κ2) is 6.11. The zero-order chi connectivity index (χ0) is 14.8. The Morgan fingerprint density at radius 1 is 1.19 bits per heavy atom. The van der Waals surface area contributed by atoms with Gasteiger partial charge in [0.25, 0.3) is 0 Å². The zero-order valence-electron chi connectivity index (χ0n) is 11.4. The number of nitrogens with zero attached hydrogens (tertiary/aromatic N) is 2. The Morgan fingerprint density at radius 3 is 2.62 bits per heavy atom. The SMILES string of the molecule is CCC(=O)N(c1ccccc1)c1nc2c(I)cccc2s1. The van der Waals surface area contributed by atoms with Crippen molar-refractivity contribution < 1.29 is 4.79 Å². The minimum Gasteiger partial charge on any atom is -0.274 e. The molecule has 0 bridgehead atoms. The first-order valence-corrected chi connectivity index (χ1v) is 8.53. The molecule has 0 aliphatic heterocycles. The molecular formula is C16H13IN2OS. The molecule has 21 heavy (non-hydrogen) atoms. The van der Waals surface area contributed by atoms with E-state index in [-0.39, 0.29) is 5.91 Å². The molecule has 3 aromatic rings. The maximum atomic E-state index is 12.4. The molecule has 0 saturated heterocycles. The van der Waals surface area contributed by atoms with Crippen LogP contribution in [0.5, 0.6) is 0 Å². The van der Waals surface area contributed by atoms with Crippen LogP contribution < -0.4 is 4.90 Å². The first-order valence-electron chi connectivity index (χ1n) is 6.63. The third-order valence-electron chi connectivity index (χ3n) is 3.12. The van der Waals surface area contributed by atoms with E-state index in [1.165, 1.54) is 0 Å². The van der Waals surface area contributed by atoms with Crippen LogP contribution in [0.2, 0.25) is 0 Å². The molecule has 0 spiro atoms. The number of para-hydroxylation sites is 2. The summed E-state index contributed by atoms with van der Waals surface area (Å²) < 4.78 is 2.20. The fourth-order valence-electron chi connectivity index (χ4n) is 2.10. The first kappa shape index (κ1) is 14.5. The first-order chi connectivity index (χ1) is 10.2. The number of anilines is 2. The summed E-state index contributed by atoms with van der Waals surface area (Å²) in [5.41, 5.74) is 1.82. The Balaban J connectivity index is 2.15. The van der Waals surface area contributed by atoms with Crippen molar-refractivity contribution in [1.82, 2.24) is 4.98 Å². The van der Waals surface area contributed by atoms with Gasteiger partial charge in [-0.05, 0) is 46.9 Å². The van der Waals surface area contributed by atoms with E-state index < -0.39 is 0 Å². The van der Waals surface area contributed by atoms with Gasteiger partial charge in [0.2, 0.25) is 5.91 Å². The topological polar surface area (TPSA) is 33.2 Å². The van der Waals surface area contributed by atoms with Gasteiger partial charge in [-0.1, -0.05) is 42.5 Å². The second-order valence-corrected chi connectivity index (χ2v) is 6.67. The standard InChI is InChI=1S/C16H13IN2OS/c1-2-14(20)19(11-7-4-3-5-8-11)16-18-15-12(17)9-6-10-13(15)21-16/h3-10H,2H2,1H3. The van der Waals surface area contributed by atoms with Crippen LogP contribution in [-0.4, -0.2) is 10.9 Å². The van der Waals surface area contributed by atoms with Gasteiger partial charge in [0.1, 0.15) is 0 Å². The van der Waals surface area contributed by atoms with E-state index in [1.54, 1.807) is 16.2 Å². The number of carbonyl (C=O) groups excluding carboxylic acids is 1. The Kier molecular flexibility index (Phi) is 4.21. The highest BCUT2D eigenvalue weighted by molar-refractivity contribution is 14.1. The van der Waals surface area contributed by atoms with E-state index in [0.29, 0.717) is 6.42 Å². The summed E-state index contributed by atoms with van der Waals surface area (Å²) in [6.07, 6.45) is 0.446. The van der Waals surface area contributed by atoms with Crippen LogP contribution in [0.15, 0.2) is 48.5 Å². The average Bonchev–Trinajstić information content (AvgIpc) is 2.93. The number of fused-ring (bicyclic) bond motifs is 1. The normalized spacial score (nSPS) is 10.8. The van der Waals surface area contributed by atoms with Crippen molar-refractivity contribution >= 4 is 60.9 Å². The van der Waals surface area contributed by atoms with Crippen LogP contribution in [0.25, 0.3) is 10.2 Å². The van der Waals surface area contributed by atoms with Crippen molar-refractivity contribution in [2.75, 3.05) is 4.90 Å². The van der Waals surface area contributed by atoms with E-state index >= 15 is 0 Å². The smallest absolute Gasteiger partial charge is 0.233 e. The van der Waals surface area contributed by atoms with Crippen molar-refractivity contribution in [1.29, 1.82) is 0 Å². The van der Waals surface area contributed by atoms with Crippen LogP contribution >= 0.6 is 33.9 Å². The molecule has 0 aliphatic carbocycles. The maximum absolute atomic E-state index is 12.4. The molecule has 0 N–H and O–H groups in total. The molecule has 3 rings (SSSR count). The maximum Gasteiger partial charge on any atom is 0.233 e. The fraction of sp³-hybridized carbons (Fsp3) is 0.125. The Bertz CT molecular complexity index is 785. The van der Waals surface area contributed by atoms with Gasteiger partial charge in [-0.15, -0.1) is 0 Å². The second-order valence-electron chi connectivity index (χ2n) is 4.50. The predicted octanol–water partition coefficient (Wildman–Crippen LogP) is 4.98. The number of aromatic nitrogens is 1. The minimum absolute atomic E-state index is 0.0512. The number of thiazole rings is 1. The van der Waals surface area contributed by atoms with Gasteiger partial charge in [-0.3, -0.25) is 9.69 Å². The quantitative estimate of drug-likeness (QED) is 0.573. The van der Waals surface area contributed by atoms with Crippen LogP contribution in [-0.2, 0) is 4.79 Å². The third kappa shape index (κ3) is 2.80. The van der Waals surface area contributed by atoms with Crippen LogP contribution in [0, 0.1) is 3.57 Å². The molecule has 0 fully saturated rings. The highest BCUT2D eigenvalue weighted by atomic mass is 127. The average molecular weight is 408 g/mol. The predicted molar refractivity (Wildman–Crippen MR) is 96.2 cm³/mol. The van der Waals surface area contributed by atoms with Gasteiger partial charge in [0.05, 0.1) is 15.9 Å². The van der Waals surface area contributed by atoms with Crippen LogP contribution in [0.3, 0.4) is 0 Å². The molecule has 3 nitrogen and oxygen atoms in total. The van der Waals surface area contributed by atoms with Gasteiger partial charge in [0.15, 0.2) is 5.13 Å². The minimum atomic E-state index is 0.0512. The van der Waals surface area contributed by atoms with Crippen molar-refractivity contribution in [3.8, 4) is 0 Å². The summed E-state index contributed by atoms with van der Waals surface area (Å²) in [5.74, 6) is 0.0512. The van der Waals surface area contributed by atoms with Crippen molar-refractivity contribution in [3.05, 3.63) is 52.1 Å². The lowest BCUT2D eigenvalue weighted by atomic mass is 10.3. The molecule has 0 radical (unpaired) electrons. The molecular weight excluding hydrogens is 395 g/mol. The van der Waals surface area contributed by atoms with Gasteiger partial charge < -0.3 is 0 Å². The number of rotatable bonds is 3. The summed E-state index contributed by atoms with van der Waals surface area (Å²) in [5, 5.41) is 0.729.